The number of aryl methyl sites for hydroxylation is 1. The maximum absolute atomic E-state index is 12.8. The maximum atomic E-state index is 12.8. The van der Waals surface area contributed by atoms with Crippen molar-refractivity contribution in [2.24, 2.45) is 11.7 Å². The second-order valence-electron chi connectivity index (χ2n) is 6.11. The Morgan fingerprint density at radius 3 is 2.85 bits per heavy atom. The molecule has 0 saturated heterocycles. The molecule has 1 fully saturated rings. The van der Waals surface area contributed by atoms with Crippen molar-refractivity contribution in [1.82, 2.24) is 0 Å². The summed E-state index contributed by atoms with van der Waals surface area (Å²) in [5.41, 5.74) is 7.74. The number of fused-ring (bicyclic) bond motifs is 1. The summed E-state index contributed by atoms with van der Waals surface area (Å²) in [4.78, 5) is 14.7. The largest absolute Gasteiger partial charge is 0.497 e. The molecule has 1 aliphatic heterocycles. The van der Waals surface area contributed by atoms with E-state index < -0.39 is 5.54 Å². The van der Waals surface area contributed by atoms with Crippen LogP contribution in [0.5, 0.6) is 5.75 Å². The van der Waals surface area contributed by atoms with Gasteiger partial charge in [0.05, 0.1) is 12.6 Å². The predicted molar refractivity (Wildman–Crippen MR) is 79.0 cm³/mol. The van der Waals surface area contributed by atoms with Crippen molar-refractivity contribution < 1.29 is 9.53 Å². The van der Waals surface area contributed by atoms with E-state index in [0.717, 1.165) is 43.7 Å². The number of methoxy groups -OCH3 is 1. The Bertz CT molecular complexity index is 535. The molecule has 1 atom stereocenters. The van der Waals surface area contributed by atoms with E-state index in [1.165, 1.54) is 5.56 Å². The van der Waals surface area contributed by atoms with Gasteiger partial charge in [0.2, 0.25) is 5.91 Å². The minimum absolute atomic E-state index is 0.0612. The van der Waals surface area contributed by atoms with Crippen LogP contribution in [-0.4, -0.2) is 25.1 Å². The van der Waals surface area contributed by atoms with Gasteiger partial charge in [0, 0.05) is 12.2 Å². The second-order valence-corrected chi connectivity index (χ2v) is 6.11. The standard InChI is InChI=1S/C16H22N2O2/c1-16(17,12-5-6-12)15(19)18-9-3-4-11-10-13(20-2)7-8-14(11)18/h7-8,10,12H,3-6,9,17H2,1-2H3. The van der Waals surface area contributed by atoms with Gasteiger partial charge in [-0.05, 0) is 62.3 Å². The average molecular weight is 274 g/mol. The Kier molecular flexibility index (Phi) is 3.21. The fraction of sp³-hybridized carbons (Fsp3) is 0.562. The lowest BCUT2D eigenvalue weighted by Gasteiger charge is -2.35. The Balaban J connectivity index is 1.91. The zero-order chi connectivity index (χ0) is 14.3. The number of hydrogen-bond acceptors (Lipinski definition) is 3. The third-order valence-corrected chi connectivity index (χ3v) is 4.54. The highest BCUT2D eigenvalue weighted by Crippen LogP contribution is 2.40. The van der Waals surface area contributed by atoms with E-state index in [0.29, 0.717) is 5.92 Å². The van der Waals surface area contributed by atoms with E-state index in [4.69, 9.17) is 10.5 Å². The summed E-state index contributed by atoms with van der Waals surface area (Å²) < 4.78 is 5.26. The van der Waals surface area contributed by atoms with Gasteiger partial charge in [0.1, 0.15) is 5.75 Å². The summed E-state index contributed by atoms with van der Waals surface area (Å²) in [6.45, 7) is 2.64. The number of carbonyl (C=O) groups is 1. The van der Waals surface area contributed by atoms with Crippen LogP contribution in [0.1, 0.15) is 31.7 Å². The Labute approximate surface area is 119 Å². The van der Waals surface area contributed by atoms with E-state index in [-0.39, 0.29) is 5.91 Å². The van der Waals surface area contributed by atoms with Gasteiger partial charge >= 0.3 is 0 Å². The molecular weight excluding hydrogens is 252 g/mol. The molecule has 0 bridgehead atoms. The van der Waals surface area contributed by atoms with Crippen LogP contribution in [0, 0.1) is 5.92 Å². The fourth-order valence-corrected chi connectivity index (χ4v) is 3.06. The monoisotopic (exact) mass is 274 g/mol. The highest BCUT2D eigenvalue weighted by molar-refractivity contribution is 6.01. The van der Waals surface area contributed by atoms with Crippen LogP contribution in [0.2, 0.25) is 0 Å². The number of nitrogens with two attached hydrogens (primary N) is 1. The first-order valence-electron chi connectivity index (χ1n) is 7.32. The lowest BCUT2D eigenvalue weighted by atomic mass is 9.92. The summed E-state index contributed by atoms with van der Waals surface area (Å²) in [5, 5.41) is 0. The van der Waals surface area contributed by atoms with Crippen molar-refractivity contribution in [3.63, 3.8) is 0 Å². The number of rotatable bonds is 3. The van der Waals surface area contributed by atoms with Crippen molar-refractivity contribution in [3.8, 4) is 5.75 Å². The predicted octanol–water partition coefficient (Wildman–Crippen LogP) is 2.10. The number of anilines is 1. The van der Waals surface area contributed by atoms with Gasteiger partial charge in [-0.1, -0.05) is 0 Å². The highest BCUT2D eigenvalue weighted by atomic mass is 16.5. The highest BCUT2D eigenvalue weighted by Gasteiger charge is 2.46. The number of hydrogen-bond donors (Lipinski definition) is 1. The lowest BCUT2D eigenvalue weighted by Crippen LogP contribution is -2.56. The van der Waals surface area contributed by atoms with Gasteiger partial charge in [-0.15, -0.1) is 0 Å². The zero-order valence-corrected chi connectivity index (χ0v) is 12.2. The van der Waals surface area contributed by atoms with E-state index in [2.05, 4.69) is 0 Å². The number of benzene rings is 1. The summed E-state index contributed by atoms with van der Waals surface area (Å²) in [6.07, 6.45) is 4.11. The molecule has 0 spiro atoms. The lowest BCUT2D eigenvalue weighted by molar-refractivity contribution is -0.123. The molecule has 2 N–H and O–H groups in total. The maximum Gasteiger partial charge on any atom is 0.247 e. The van der Waals surface area contributed by atoms with E-state index in [1.807, 2.05) is 30.0 Å². The molecule has 1 saturated carbocycles. The minimum Gasteiger partial charge on any atom is -0.497 e. The Morgan fingerprint density at radius 2 is 2.20 bits per heavy atom. The number of carbonyl (C=O) groups excluding carboxylic acids is 1. The molecule has 1 aliphatic carbocycles. The van der Waals surface area contributed by atoms with Crippen LogP contribution < -0.4 is 15.4 Å². The molecule has 4 nitrogen and oxygen atoms in total. The molecular formula is C16H22N2O2. The van der Waals surface area contributed by atoms with Gasteiger partial charge in [0.15, 0.2) is 0 Å². The molecule has 1 heterocycles. The number of ether oxygens (including phenoxy) is 1. The van der Waals surface area contributed by atoms with Gasteiger partial charge in [-0.2, -0.15) is 0 Å². The Hall–Kier alpha value is -1.55. The summed E-state index contributed by atoms with van der Waals surface area (Å²) in [7, 11) is 1.66. The van der Waals surface area contributed by atoms with Crippen LogP contribution in [0.3, 0.4) is 0 Å². The quantitative estimate of drug-likeness (QED) is 0.918. The molecule has 20 heavy (non-hydrogen) atoms. The number of nitrogens with zero attached hydrogens (tertiary/aromatic N) is 1. The minimum atomic E-state index is -0.728. The SMILES string of the molecule is COc1ccc2c(c1)CCCN2C(=O)C(C)(N)C1CC1. The molecule has 1 aromatic carbocycles. The molecule has 0 radical (unpaired) electrons. The molecule has 1 unspecified atom stereocenters. The molecule has 1 amide bonds. The normalized spacial score (nSPS) is 21.1. The second kappa shape index (κ2) is 4.77. The van der Waals surface area contributed by atoms with Crippen LogP contribution in [0.4, 0.5) is 5.69 Å². The molecule has 108 valence electrons. The van der Waals surface area contributed by atoms with Crippen molar-refractivity contribution in [2.75, 3.05) is 18.6 Å². The van der Waals surface area contributed by atoms with Crippen LogP contribution in [0.15, 0.2) is 18.2 Å². The van der Waals surface area contributed by atoms with E-state index >= 15 is 0 Å². The smallest absolute Gasteiger partial charge is 0.247 e. The average Bonchev–Trinajstić information content (AvgIpc) is 3.30. The molecule has 4 heteroatoms. The zero-order valence-electron chi connectivity index (χ0n) is 12.2. The van der Waals surface area contributed by atoms with Crippen molar-refractivity contribution in [3.05, 3.63) is 23.8 Å². The van der Waals surface area contributed by atoms with E-state index in [1.54, 1.807) is 7.11 Å². The van der Waals surface area contributed by atoms with Crippen molar-refractivity contribution >= 4 is 11.6 Å². The van der Waals surface area contributed by atoms with Crippen molar-refractivity contribution in [1.29, 1.82) is 0 Å². The summed E-state index contributed by atoms with van der Waals surface area (Å²) in [5.74, 6) is 1.25. The topological polar surface area (TPSA) is 55.6 Å². The first-order chi connectivity index (χ1) is 9.54. The van der Waals surface area contributed by atoms with E-state index in [9.17, 15) is 4.79 Å². The third-order valence-electron chi connectivity index (χ3n) is 4.54. The molecule has 1 aromatic rings. The molecule has 0 aromatic heterocycles. The Morgan fingerprint density at radius 1 is 1.45 bits per heavy atom. The van der Waals surface area contributed by atoms with Crippen LogP contribution >= 0.6 is 0 Å². The number of amides is 1. The summed E-state index contributed by atoms with van der Waals surface area (Å²) in [6, 6.07) is 5.92. The first kappa shape index (κ1) is 13.4. The first-order valence-corrected chi connectivity index (χ1v) is 7.32. The van der Waals surface area contributed by atoms with Crippen LogP contribution in [-0.2, 0) is 11.2 Å². The fourth-order valence-electron chi connectivity index (χ4n) is 3.06. The summed E-state index contributed by atoms with van der Waals surface area (Å²) >= 11 is 0. The third kappa shape index (κ3) is 2.18. The van der Waals surface area contributed by atoms with Gasteiger partial charge in [-0.25, -0.2) is 0 Å². The molecule has 2 aliphatic rings. The van der Waals surface area contributed by atoms with Gasteiger partial charge < -0.3 is 15.4 Å². The van der Waals surface area contributed by atoms with Crippen molar-refractivity contribution in [2.45, 2.75) is 38.1 Å². The van der Waals surface area contributed by atoms with Gasteiger partial charge in [-0.3, -0.25) is 4.79 Å². The van der Waals surface area contributed by atoms with Gasteiger partial charge in [0.25, 0.3) is 0 Å². The van der Waals surface area contributed by atoms with Crippen LogP contribution in [0.25, 0.3) is 0 Å². The molecule has 3 rings (SSSR count).